The van der Waals surface area contributed by atoms with Gasteiger partial charge in [-0.25, -0.2) is 5.14 Å². The molecule has 1 heterocycles. The molecule has 0 unspecified atom stereocenters. The molecule has 7 nitrogen and oxygen atoms in total. The van der Waals surface area contributed by atoms with Gasteiger partial charge in [0.05, 0.1) is 6.20 Å². The summed E-state index contributed by atoms with van der Waals surface area (Å²) >= 11 is 0. The Bertz CT molecular complexity index is 395. The summed E-state index contributed by atoms with van der Waals surface area (Å²) in [5.41, 5.74) is 5.95. The van der Waals surface area contributed by atoms with E-state index in [1.807, 2.05) is 0 Å². The second-order valence-corrected chi connectivity index (χ2v) is 3.79. The highest BCUT2D eigenvalue weighted by Gasteiger charge is 2.11. The quantitative estimate of drug-likeness (QED) is 0.556. The summed E-state index contributed by atoms with van der Waals surface area (Å²) in [5.74, 6) is 0.296. The molecule has 1 aromatic rings. The fourth-order valence-corrected chi connectivity index (χ4v) is 1.43. The van der Waals surface area contributed by atoms with Crippen LogP contribution in [-0.2, 0) is 23.8 Å². The molecule has 0 aliphatic carbocycles. The minimum atomic E-state index is -3.77. The molecule has 0 radical (unpaired) electrons. The molecule has 0 aromatic carbocycles. The number of aryl methyl sites for hydroxylation is 1. The molecule has 74 valence electrons. The predicted molar refractivity (Wildman–Crippen MR) is 47.8 cm³/mol. The molecule has 0 saturated carbocycles. The van der Waals surface area contributed by atoms with Gasteiger partial charge in [0.25, 0.3) is 10.2 Å². The van der Waals surface area contributed by atoms with Crippen LogP contribution in [-0.4, -0.2) is 18.2 Å². The Kier molecular flexibility index (Phi) is 2.55. The van der Waals surface area contributed by atoms with Crippen LogP contribution in [0.5, 0.6) is 0 Å². The number of aromatic nitrogens is 2. The van der Waals surface area contributed by atoms with Crippen molar-refractivity contribution in [1.29, 1.82) is 0 Å². The lowest BCUT2D eigenvalue weighted by Crippen LogP contribution is -2.24. The van der Waals surface area contributed by atoms with Gasteiger partial charge in [0.1, 0.15) is 5.82 Å². The molecule has 13 heavy (non-hydrogen) atoms. The standard InChI is InChI=1S/C5H11N5O2S/c1-10-5(9-13(7,11)12)4(2-6)3-8-10/h3,9H,2,6H2,1H3,(H2,7,11,12). The zero-order valence-electron chi connectivity index (χ0n) is 7.06. The van der Waals surface area contributed by atoms with Gasteiger partial charge in [-0.1, -0.05) is 0 Å². The Labute approximate surface area is 75.9 Å². The summed E-state index contributed by atoms with van der Waals surface area (Å²) < 4.78 is 24.9. The van der Waals surface area contributed by atoms with Crippen molar-refractivity contribution in [1.82, 2.24) is 9.78 Å². The van der Waals surface area contributed by atoms with Crippen LogP contribution in [0.2, 0.25) is 0 Å². The Balaban J connectivity index is 3.05. The molecule has 8 heteroatoms. The van der Waals surface area contributed by atoms with E-state index in [-0.39, 0.29) is 6.54 Å². The molecule has 0 saturated heterocycles. The Morgan fingerprint density at radius 3 is 2.77 bits per heavy atom. The van der Waals surface area contributed by atoms with Crippen LogP contribution in [0.25, 0.3) is 0 Å². The lowest BCUT2D eigenvalue weighted by molar-refractivity contribution is 0.602. The van der Waals surface area contributed by atoms with Crippen LogP contribution < -0.4 is 15.6 Å². The van der Waals surface area contributed by atoms with Crippen LogP contribution in [0.1, 0.15) is 5.56 Å². The topological polar surface area (TPSA) is 116 Å². The van der Waals surface area contributed by atoms with Gasteiger partial charge in [-0.15, -0.1) is 0 Å². The van der Waals surface area contributed by atoms with Gasteiger partial charge in [-0.2, -0.15) is 13.5 Å². The van der Waals surface area contributed by atoms with Crippen molar-refractivity contribution in [2.24, 2.45) is 17.9 Å². The summed E-state index contributed by atoms with van der Waals surface area (Å²) in [6.07, 6.45) is 1.48. The highest BCUT2D eigenvalue weighted by molar-refractivity contribution is 7.90. The highest BCUT2D eigenvalue weighted by atomic mass is 32.2. The molecule has 0 aliphatic heterocycles. The minimum absolute atomic E-state index is 0.200. The normalized spacial score (nSPS) is 11.6. The second-order valence-electron chi connectivity index (χ2n) is 2.49. The number of hydrogen-bond acceptors (Lipinski definition) is 4. The van der Waals surface area contributed by atoms with Crippen molar-refractivity contribution in [2.45, 2.75) is 6.54 Å². The van der Waals surface area contributed by atoms with Gasteiger partial charge in [-0.3, -0.25) is 9.40 Å². The third-order valence-electron chi connectivity index (χ3n) is 1.47. The summed E-state index contributed by atoms with van der Waals surface area (Å²) in [6.45, 7) is 0.200. The van der Waals surface area contributed by atoms with Crippen molar-refractivity contribution in [2.75, 3.05) is 4.72 Å². The third kappa shape index (κ3) is 2.41. The summed E-state index contributed by atoms with van der Waals surface area (Å²) in [7, 11) is -2.18. The van der Waals surface area contributed by atoms with E-state index in [0.717, 1.165) is 0 Å². The zero-order valence-corrected chi connectivity index (χ0v) is 7.87. The first kappa shape index (κ1) is 9.96. The average Bonchev–Trinajstić information content (AvgIpc) is 2.30. The number of rotatable bonds is 3. The van der Waals surface area contributed by atoms with Crippen molar-refractivity contribution < 1.29 is 8.42 Å². The average molecular weight is 205 g/mol. The summed E-state index contributed by atoms with van der Waals surface area (Å²) in [6, 6.07) is 0. The molecule has 5 N–H and O–H groups in total. The predicted octanol–water partition coefficient (Wildman–Crippen LogP) is -1.51. The largest absolute Gasteiger partial charge is 0.326 e. The van der Waals surface area contributed by atoms with Crippen LogP contribution in [0.3, 0.4) is 0 Å². The smallest absolute Gasteiger partial charge is 0.297 e. The Morgan fingerprint density at radius 2 is 2.31 bits per heavy atom. The van der Waals surface area contributed by atoms with Crippen LogP contribution in [0.15, 0.2) is 6.20 Å². The fourth-order valence-electron chi connectivity index (χ4n) is 0.899. The van der Waals surface area contributed by atoms with E-state index >= 15 is 0 Å². The molecule has 0 amide bonds. The first-order chi connectivity index (χ1) is 5.94. The number of nitrogens with zero attached hydrogens (tertiary/aromatic N) is 2. The van der Waals surface area contributed by atoms with E-state index in [4.69, 9.17) is 10.9 Å². The SMILES string of the molecule is Cn1ncc(CN)c1NS(N)(=O)=O. The molecular formula is C5H11N5O2S. The maximum absolute atomic E-state index is 10.7. The van der Waals surface area contributed by atoms with Gasteiger partial charge < -0.3 is 5.73 Å². The van der Waals surface area contributed by atoms with E-state index < -0.39 is 10.2 Å². The van der Waals surface area contributed by atoms with Gasteiger partial charge in [-0.05, 0) is 0 Å². The van der Waals surface area contributed by atoms with Crippen molar-refractivity contribution in [3.05, 3.63) is 11.8 Å². The van der Waals surface area contributed by atoms with Gasteiger partial charge in [0.15, 0.2) is 0 Å². The van der Waals surface area contributed by atoms with Gasteiger partial charge in [0.2, 0.25) is 0 Å². The maximum atomic E-state index is 10.7. The number of nitrogens with two attached hydrogens (primary N) is 2. The highest BCUT2D eigenvalue weighted by Crippen LogP contribution is 2.13. The lowest BCUT2D eigenvalue weighted by atomic mass is 10.3. The maximum Gasteiger partial charge on any atom is 0.297 e. The van der Waals surface area contributed by atoms with E-state index in [9.17, 15) is 8.42 Å². The van der Waals surface area contributed by atoms with E-state index in [2.05, 4.69) is 9.82 Å². The van der Waals surface area contributed by atoms with Gasteiger partial charge >= 0.3 is 0 Å². The lowest BCUT2D eigenvalue weighted by Gasteiger charge is -2.05. The number of nitrogens with one attached hydrogen (secondary N) is 1. The third-order valence-corrected chi connectivity index (χ3v) is 1.95. The molecular weight excluding hydrogens is 194 g/mol. The van der Waals surface area contributed by atoms with Crippen molar-refractivity contribution >= 4 is 16.0 Å². The van der Waals surface area contributed by atoms with Crippen LogP contribution in [0.4, 0.5) is 5.82 Å². The first-order valence-corrected chi connectivity index (χ1v) is 5.00. The summed E-state index contributed by atoms with van der Waals surface area (Å²) in [4.78, 5) is 0. The molecule has 0 aliphatic rings. The fraction of sp³-hybridized carbons (Fsp3) is 0.400. The van der Waals surface area contributed by atoms with Crippen molar-refractivity contribution in [3.8, 4) is 0 Å². The van der Waals surface area contributed by atoms with Crippen LogP contribution >= 0.6 is 0 Å². The molecule has 1 rings (SSSR count). The monoisotopic (exact) mass is 205 g/mol. The summed E-state index contributed by atoms with van der Waals surface area (Å²) in [5, 5.41) is 8.62. The Hall–Kier alpha value is -1.12. The van der Waals surface area contributed by atoms with Gasteiger partial charge in [0, 0.05) is 19.2 Å². The second kappa shape index (κ2) is 3.32. The Morgan fingerprint density at radius 1 is 1.69 bits per heavy atom. The first-order valence-electron chi connectivity index (χ1n) is 3.45. The molecule has 0 atom stereocenters. The van der Waals surface area contributed by atoms with E-state index in [0.29, 0.717) is 11.4 Å². The molecule has 0 fully saturated rings. The van der Waals surface area contributed by atoms with E-state index in [1.165, 1.54) is 10.9 Å². The van der Waals surface area contributed by atoms with E-state index in [1.54, 1.807) is 7.05 Å². The minimum Gasteiger partial charge on any atom is -0.326 e. The zero-order chi connectivity index (χ0) is 10.1. The molecule has 0 bridgehead atoms. The molecule has 0 spiro atoms. The van der Waals surface area contributed by atoms with Crippen molar-refractivity contribution in [3.63, 3.8) is 0 Å². The number of hydrogen-bond donors (Lipinski definition) is 3. The van der Waals surface area contributed by atoms with Crippen LogP contribution in [0, 0.1) is 0 Å². The number of anilines is 1. The molecule has 1 aromatic heterocycles.